The maximum atomic E-state index is 13.1. The fourth-order valence-corrected chi connectivity index (χ4v) is 2.02. The number of hydrazone groups is 1. The van der Waals surface area contributed by atoms with Gasteiger partial charge in [0.1, 0.15) is 11.6 Å². The number of nitrogens with one attached hydrogen (secondary N) is 2. The number of rotatable bonds is 4. The highest BCUT2D eigenvalue weighted by molar-refractivity contribution is 7.80. The molecular weight excluding hydrogens is 325 g/mol. The molecule has 0 aromatic heterocycles. The van der Waals surface area contributed by atoms with Crippen LogP contribution in [-0.4, -0.2) is 18.4 Å². The van der Waals surface area contributed by atoms with Crippen molar-refractivity contribution in [2.24, 2.45) is 5.10 Å². The van der Waals surface area contributed by atoms with E-state index >= 15 is 0 Å². The topological polar surface area (TPSA) is 45.6 Å². The van der Waals surface area contributed by atoms with Crippen LogP contribution in [0.25, 0.3) is 0 Å². The largest absolute Gasteiger partial charge is 0.496 e. The number of methoxy groups -OCH3 is 1. The fraction of sp³-hybridized carbons (Fsp3) is 0.0667. The van der Waals surface area contributed by atoms with Crippen LogP contribution in [0, 0.1) is 5.82 Å². The van der Waals surface area contributed by atoms with E-state index in [4.69, 9.17) is 28.6 Å². The van der Waals surface area contributed by atoms with Crippen LogP contribution in [0.1, 0.15) is 5.56 Å². The van der Waals surface area contributed by atoms with Crippen LogP contribution in [0.4, 0.5) is 10.1 Å². The molecule has 0 saturated heterocycles. The van der Waals surface area contributed by atoms with Crippen molar-refractivity contribution in [2.75, 3.05) is 12.4 Å². The van der Waals surface area contributed by atoms with E-state index < -0.39 is 5.82 Å². The molecule has 0 saturated carbocycles. The zero-order valence-corrected chi connectivity index (χ0v) is 13.2. The average molecular weight is 338 g/mol. The lowest BCUT2D eigenvalue weighted by Crippen LogP contribution is -2.23. The quantitative estimate of drug-likeness (QED) is 0.506. The number of halogens is 2. The lowest BCUT2D eigenvalue weighted by atomic mass is 10.2. The molecule has 0 heterocycles. The van der Waals surface area contributed by atoms with E-state index in [1.807, 2.05) is 24.3 Å². The number of para-hydroxylation sites is 1. The molecule has 0 aliphatic rings. The number of anilines is 1. The summed E-state index contributed by atoms with van der Waals surface area (Å²) in [6.07, 6.45) is 1.59. The van der Waals surface area contributed by atoms with Crippen molar-refractivity contribution in [3.05, 3.63) is 58.9 Å². The van der Waals surface area contributed by atoms with Gasteiger partial charge in [0, 0.05) is 11.3 Å². The summed E-state index contributed by atoms with van der Waals surface area (Å²) < 4.78 is 18.3. The predicted octanol–water partition coefficient (Wildman–Crippen LogP) is 3.81. The normalized spacial score (nSPS) is 10.5. The monoisotopic (exact) mass is 337 g/mol. The van der Waals surface area contributed by atoms with Crippen molar-refractivity contribution in [2.45, 2.75) is 0 Å². The molecule has 0 aliphatic carbocycles. The van der Waals surface area contributed by atoms with Gasteiger partial charge in [-0.1, -0.05) is 23.7 Å². The van der Waals surface area contributed by atoms with Crippen LogP contribution in [-0.2, 0) is 0 Å². The van der Waals surface area contributed by atoms with Gasteiger partial charge in [-0.25, -0.2) is 4.39 Å². The summed E-state index contributed by atoms with van der Waals surface area (Å²) >= 11 is 10.8. The van der Waals surface area contributed by atoms with E-state index in [2.05, 4.69) is 15.8 Å². The Kier molecular flexibility index (Phi) is 5.68. The highest BCUT2D eigenvalue weighted by Crippen LogP contribution is 2.19. The Labute approximate surface area is 137 Å². The second-order valence-corrected chi connectivity index (χ2v) is 5.01. The van der Waals surface area contributed by atoms with Gasteiger partial charge >= 0.3 is 0 Å². The fourth-order valence-electron chi connectivity index (χ4n) is 1.67. The lowest BCUT2D eigenvalue weighted by molar-refractivity contribution is 0.414. The molecule has 0 spiro atoms. The molecule has 2 N–H and O–H groups in total. The number of benzene rings is 2. The second-order valence-electron chi connectivity index (χ2n) is 4.19. The van der Waals surface area contributed by atoms with Crippen LogP contribution >= 0.6 is 23.8 Å². The summed E-state index contributed by atoms with van der Waals surface area (Å²) in [5.74, 6) is 0.220. The molecule has 0 aliphatic heterocycles. The van der Waals surface area contributed by atoms with Gasteiger partial charge in [-0.15, -0.1) is 0 Å². The standard InChI is InChI=1S/C15H13ClFN3OS/c1-21-14-5-3-2-4-10(14)9-18-20-15(22)19-11-6-7-13(17)12(16)8-11/h2-9H,1H3,(H2,19,20,22)/b18-9+. The van der Waals surface area contributed by atoms with E-state index in [0.29, 0.717) is 11.4 Å². The molecule has 2 rings (SSSR count). The van der Waals surface area contributed by atoms with E-state index in [1.165, 1.54) is 18.2 Å². The average Bonchev–Trinajstić information content (AvgIpc) is 2.51. The summed E-state index contributed by atoms with van der Waals surface area (Å²) in [5.41, 5.74) is 4.04. The minimum Gasteiger partial charge on any atom is -0.496 e. The first-order valence-corrected chi connectivity index (χ1v) is 7.07. The molecule has 0 bridgehead atoms. The zero-order chi connectivity index (χ0) is 15.9. The zero-order valence-electron chi connectivity index (χ0n) is 11.6. The maximum Gasteiger partial charge on any atom is 0.191 e. The van der Waals surface area contributed by atoms with Crippen molar-refractivity contribution in [3.8, 4) is 5.75 Å². The van der Waals surface area contributed by atoms with Gasteiger partial charge in [-0.2, -0.15) is 5.10 Å². The van der Waals surface area contributed by atoms with Crippen molar-refractivity contribution in [3.63, 3.8) is 0 Å². The van der Waals surface area contributed by atoms with Crippen molar-refractivity contribution in [1.29, 1.82) is 0 Å². The summed E-state index contributed by atoms with van der Waals surface area (Å²) in [7, 11) is 1.59. The van der Waals surface area contributed by atoms with Gasteiger partial charge in [0.05, 0.1) is 18.3 Å². The summed E-state index contributed by atoms with van der Waals surface area (Å²) in [5, 5.41) is 7.15. The molecular formula is C15H13ClFN3OS. The smallest absolute Gasteiger partial charge is 0.191 e. The third-order valence-corrected chi connectivity index (χ3v) is 3.17. The van der Waals surface area contributed by atoms with Gasteiger partial charge in [0.2, 0.25) is 0 Å². The molecule has 0 radical (unpaired) electrons. The van der Waals surface area contributed by atoms with Crippen LogP contribution in [0.3, 0.4) is 0 Å². The van der Waals surface area contributed by atoms with Crippen LogP contribution in [0.5, 0.6) is 5.75 Å². The molecule has 0 atom stereocenters. The Morgan fingerprint density at radius 3 is 2.82 bits per heavy atom. The highest BCUT2D eigenvalue weighted by atomic mass is 35.5. The van der Waals surface area contributed by atoms with Gasteiger partial charge < -0.3 is 10.1 Å². The maximum absolute atomic E-state index is 13.1. The van der Waals surface area contributed by atoms with Crippen LogP contribution in [0.15, 0.2) is 47.6 Å². The minimum atomic E-state index is -0.486. The molecule has 0 unspecified atom stereocenters. The molecule has 7 heteroatoms. The molecule has 2 aromatic carbocycles. The van der Waals surface area contributed by atoms with Gasteiger partial charge in [0.25, 0.3) is 0 Å². The molecule has 2 aromatic rings. The van der Waals surface area contributed by atoms with Gasteiger partial charge in [-0.05, 0) is 42.5 Å². The summed E-state index contributed by atoms with van der Waals surface area (Å²) in [4.78, 5) is 0. The van der Waals surface area contributed by atoms with Crippen molar-refractivity contribution >= 4 is 40.8 Å². The third kappa shape index (κ3) is 4.41. The summed E-state index contributed by atoms with van der Waals surface area (Å²) in [6.45, 7) is 0. The molecule has 4 nitrogen and oxygen atoms in total. The van der Waals surface area contributed by atoms with E-state index in [0.717, 1.165) is 5.56 Å². The number of ether oxygens (including phenoxy) is 1. The number of hydrogen-bond donors (Lipinski definition) is 2. The molecule has 0 amide bonds. The molecule has 114 valence electrons. The van der Waals surface area contributed by atoms with E-state index in [9.17, 15) is 4.39 Å². The predicted molar refractivity (Wildman–Crippen MR) is 91.4 cm³/mol. The first-order chi connectivity index (χ1) is 10.6. The summed E-state index contributed by atoms with van der Waals surface area (Å²) in [6, 6.07) is 11.7. The molecule has 22 heavy (non-hydrogen) atoms. The van der Waals surface area contributed by atoms with Gasteiger partial charge in [-0.3, -0.25) is 5.43 Å². The molecule has 0 fully saturated rings. The van der Waals surface area contributed by atoms with Gasteiger partial charge in [0.15, 0.2) is 5.11 Å². The Hall–Kier alpha value is -2.18. The first-order valence-electron chi connectivity index (χ1n) is 6.28. The van der Waals surface area contributed by atoms with Crippen LogP contribution < -0.4 is 15.5 Å². The number of thiocarbonyl (C=S) groups is 1. The van der Waals surface area contributed by atoms with E-state index in [-0.39, 0.29) is 10.1 Å². The second kappa shape index (κ2) is 7.72. The third-order valence-electron chi connectivity index (χ3n) is 2.69. The Balaban J connectivity index is 1.95. The van der Waals surface area contributed by atoms with Crippen molar-refractivity contribution in [1.82, 2.24) is 5.43 Å². The Morgan fingerprint density at radius 1 is 1.32 bits per heavy atom. The minimum absolute atomic E-state index is 0.0188. The number of nitrogens with zero attached hydrogens (tertiary/aromatic N) is 1. The van der Waals surface area contributed by atoms with Crippen LogP contribution in [0.2, 0.25) is 5.02 Å². The number of hydrogen-bond acceptors (Lipinski definition) is 3. The highest BCUT2D eigenvalue weighted by Gasteiger charge is 2.02. The lowest BCUT2D eigenvalue weighted by Gasteiger charge is -2.08. The van der Waals surface area contributed by atoms with Crippen molar-refractivity contribution < 1.29 is 9.13 Å². The SMILES string of the molecule is COc1ccccc1/C=N/NC(=S)Nc1ccc(F)c(Cl)c1. The Bertz CT molecular complexity index is 709. The Morgan fingerprint density at radius 2 is 2.09 bits per heavy atom. The van der Waals surface area contributed by atoms with E-state index in [1.54, 1.807) is 13.3 Å². The first kappa shape index (κ1) is 16.2.